The van der Waals surface area contributed by atoms with E-state index in [4.69, 9.17) is 4.74 Å². The fourth-order valence-corrected chi connectivity index (χ4v) is 5.97. The molecule has 9 heteroatoms. The second kappa shape index (κ2) is 8.64. The van der Waals surface area contributed by atoms with Gasteiger partial charge in [0.25, 0.3) is 21.5 Å². The van der Waals surface area contributed by atoms with Crippen molar-refractivity contribution in [3.63, 3.8) is 0 Å². The van der Waals surface area contributed by atoms with E-state index in [-0.39, 0.29) is 33.9 Å². The van der Waals surface area contributed by atoms with Gasteiger partial charge in [0.05, 0.1) is 12.0 Å². The lowest BCUT2D eigenvalue weighted by Crippen LogP contribution is -2.49. The molecule has 2 unspecified atom stereocenters. The number of fused-ring (bicyclic) bond motifs is 4. The predicted octanol–water partition coefficient (Wildman–Crippen LogP) is 2.92. The molecule has 0 spiro atoms. The van der Waals surface area contributed by atoms with Gasteiger partial charge >= 0.3 is 0 Å². The first kappa shape index (κ1) is 22.2. The van der Waals surface area contributed by atoms with E-state index in [2.05, 4.69) is 4.72 Å². The van der Waals surface area contributed by atoms with Gasteiger partial charge in [0.15, 0.2) is 0 Å². The number of amides is 1. The van der Waals surface area contributed by atoms with Gasteiger partial charge in [0.2, 0.25) is 0 Å². The summed E-state index contributed by atoms with van der Waals surface area (Å²) in [4.78, 5) is 28.1. The van der Waals surface area contributed by atoms with Crippen LogP contribution >= 0.6 is 0 Å². The maximum Gasteiger partial charge on any atom is 0.275 e. The molecule has 8 nitrogen and oxygen atoms in total. The molecule has 34 heavy (non-hydrogen) atoms. The van der Waals surface area contributed by atoms with Gasteiger partial charge < -0.3 is 14.2 Å². The van der Waals surface area contributed by atoms with Crippen molar-refractivity contribution in [1.82, 2.24) is 9.47 Å². The highest BCUT2D eigenvalue weighted by Crippen LogP contribution is 2.36. The topological polar surface area (TPSA) is 97.7 Å². The first-order valence-electron chi connectivity index (χ1n) is 11.1. The first-order valence-corrected chi connectivity index (χ1v) is 12.6. The van der Waals surface area contributed by atoms with Crippen molar-refractivity contribution in [1.29, 1.82) is 0 Å². The maximum atomic E-state index is 13.2. The number of benzene rings is 2. The Morgan fingerprint density at radius 3 is 2.41 bits per heavy atom. The van der Waals surface area contributed by atoms with E-state index in [0.717, 1.165) is 12.1 Å². The molecule has 1 N–H and O–H groups in total. The standard InChI is InChI=1S/C25H25N3O5S/c1-33-20-7-9-21(10-8-20)34(31,32)26-22-11-12-23-19-13-17(15-28(23)25(22)30)14-27(16-19)24(29)18-5-3-2-4-6-18/h2-12,17,19,26H,13-16H2,1H3. The van der Waals surface area contributed by atoms with E-state index in [9.17, 15) is 18.0 Å². The summed E-state index contributed by atoms with van der Waals surface area (Å²) in [5.74, 6) is 0.694. The average Bonchev–Trinajstić information content (AvgIpc) is 2.86. The number of carbonyl (C=O) groups is 1. The number of anilines is 1. The van der Waals surface area contributed by atoms with E-state index in [1.807, 2.05) is 35.2 Å². The van der Waals surface area contributed by atoms with Crippen molar-refractivity contribution >= 4 is 21.6 Å². The van der Waals surface area contributed by atoms with E-state index < -0.39 is 10.0 Å². The number of likely N-dealkylation sites (tertiary alicyclic amines) is 1. The van der Waals surface area contributed by atoms with Gasteiger partial charge in [-0.25, -0.2) is 8.42 Å². The number of carbonyl (C=O) groups excluding carboxylic acids is 1. The largest absolute Gasteiger partial charge is 0.497 e. The van der Waals surface area contributed by atoms with Crippen LogP contribution in [-0.2, 0) is 16.6 Å². The lowest BCUT2D eigenvalue weighted by Gasteiger charge is -2.43. The van der Waals surface area contributed by atoms with Gasteiger partial charge in [-0.05, 0) is 60.9 Å². The summed E-state index contributed by atoms with van der Waals surface area (Å²) < 4.78 is 34.8. The summed E-state index contributed by atoms with van der Waals surface area (Å²) >= 11 is 0. The summed E-state index contributed by atoms with van der Waals surface area (Å²) in [6, 6.07) is 18.5. The van der Waals surface area contributed by atoms with Crippen molar-refractivity contribution in [3.8, 4) is 5.75 Å². The Morgan fingerprint density at radius 1 is 0.971 bits per heavy atom. The lowest BCUT2D eigenvalue weighted by molar-refractivity contribution is 0.0594. The fourth-order valence-electron chi connectivity index (χ4n) is 4.91. The molecule has 2 aromatic carbocycles. The molecule has 1 amide bonds. The summed E-state index contributed by atoms with van der Waals surface area (Å²) in [6.07, 6.45) is 0.898. The molecule has 0 aliphatic carbocycles. The normalized spacial score (nSPS) is 19.3. The molecule has 1 fully saturated rings. The highest BCUT2D eigenvalue weighted by atomic mass is 32.2. The number of pyridine rings is 1. The SMILES string of the molecule is COc1ccc(S(=O)(=O)Nc2ccc3n(c2=O)CC2CC3CN(C(=O)c3ccccc3)C2)cc1. The third-order valence-corrected chi connectivity index (χ3v) is 7.91. The molecule has 0 saturated carbocycles. The number of hydrogen-bond acceptors (Lipinski definition) is 5. The number of nitrogens with zero attached hydrogens (tertiary/aromatic N) is 2. The van der Waals surface area contributed by atoms with Crippen LogP contribution in [0.15, 0.2) is 76.4 Å². The quantitative estimate of drug-likeness (QED) is 0.607. The van der Waals surface area contributed by atoms with Gasteiger partial charge in [-0.2, -0.15) is 0 Å². The Kier molecular flexibility index (Phi) is 5.65. The Morgan fingerprint density at radius 2 is 1.71 bits per heavy atom. The highest BCUT2D eigenvalue weighted by Gasteiger charge is 2.37. The minimum absolute atomic E-state index is 0.00466. The molecular weight excluding hydrogens is 454 g/mol. The molecule has 2 aliphatic rings. The zero-order valence-corrected chi connectivity index (χ0v) is 19.5. The number of methoxy groups -OCH3 is 1. The van der Waals surface area contributed by atoms with E-state index >= 15 is 0 Å². The second-order valence-electron chi connectivity index (χ2n) is 8.74. The average molecular weight is 480 g/mol. The third-order valence-electron chi connectivity index (χ3n) is 6.53. The molecule has 0 radical (unpaired) electrons. The van der Waals surface area contributed by atoms with Crippen LogP contribution in [0.25, 0.3) is 0 Å². The molecule has 176 valence electrons. The Bertz CT molecular complexity index is 1380. The number of sulfonamides is 1. The van der Waals surface area contributed by atoms with Crippen LogP contribution in [-0.4, -0.2) is 44.0 Å². The minimum Gasteiger partial charge on any atom is -0.497 e. The maximum absolute atomic E-state index is 13.2. The first-order chi connectivity index (χ1) is 16.4. The second-order valence-corrected chi connectivity index (χ2v) is 10.4. The van der Waals surface area contributed by atoms with Crippen molar-refractivity contribution in [2.75, 3.05) is 24.9 Å². The number of ether oxygens (including phenoxy) is 1. The molecule has 2 aliphatic heterocycles. The zero-order valence-electron chi connectivity index (χ0n) is 18.7. The molecule has 3 heterocycles. The van der Waals surface area contributed by atoms with E-state index in [1.54, 1.807) is 22.8 Å². The molecule has 5 rings (SSSR count). The lowest BCUT2D eigenvalue weighted by atomic mass is 9.83. The molecular formula is C25H25N3O5S. The Labute approximate surface area is 197 Å². The molecule has 2 atom stereocenters. The summed E-state index contributed by atoms with van der Waals surface area (Å²) in [7, 11) is -2.43. The summed E-state index contributed by atoms with van der Waals surface area (Å²) in [5.41, 5.74) is 1.13. The Balaban J connectivity index is 1.39. The summed E-state index contributed by atoms with van der Waals surface area (Å²) in [6.45, 7) is 1.54. The number of hydrogen-bond donors (Lipinski definition) is 1. The van der Waals surface area contributed by atoms with Crippen LogP contribution < -0.4 is 15.0 Å². The van der Waals surface area contributed by atoms with E-state index in [1.165, 1.54) is 25.3 Å². The molecule has 1 saturated heterocycles. The van der Waals surface area contributed by atoms with Crippen molar-refractivity contribution in [2.45, 2.75) is 23.8 Å². The van der Waals surface area contributed by atoms with Gasteiger partial charge in [-0.1, -0.05) is 18.2 Å². The smallest absolute Gasteiger partial charge is 0.275 e. The third kappa shape index (κ3) is 4.07. The van der Waals surface area contributed by atoms with Crippen LogP contribution in [0.2, 0.25) is 0 Å². The monoisotopic (exact) mass is 479 g/mol. The Hall–Kier alpha value is -3.59. The van der Waals surface area contributed by atoms with Crippen LogP contribution in [0, 0.1) is 5.92 Å². The van der Waals surface area contributed by atoms with Gasteiger partial charge in [0.1, 0.15) is 11.4 Å². The fraction of sp³-hybridized carbons (Fsp3) is 0.280. The minimum atomic E-state index is -3.93. The molecule has 3 aromatic rings. The highest BCUT2D eigenvalue weighted by molar-refractivity contribution is 7.92. The van der Waals surface area contributed by atoms with Gasteiger partial charge in [-0.15, -0.1) is 0 Å². The number of rotatable bonds is 5. The number of nitrogens with one attached hydrogen (secondary N) is 1. The summed E-state index contributed by atoms with van der Waals surface area (Å²) in [5, 5.41) is 0. The van der Waals surface area contributed by atoms with Crippen molar-refractivity contribution in [3.05, 3.63) is 88.3 Å². The van der Waals surface area contributed by atoms with Crippen LogP contribution in [0.1, 0.15) is 28.4 Å². The number of aromatic nitrogens is 1. The van der Waals surface area contributed by atoms with E-state index in [0.29, 0.717) is 30.9 Å². The molecule has 1 aromatic heterocycles. The van der Waals surface area contributed by atoms with Crippen LogP contribution in [0.4, 0.5) is 5.69 Å². The number of piperidine rings is 1. The predicted molar refractivity (Wildman–Crippen MR) is 128 cm³/mol. The zero-order chi connectivity index (χ0) is 23.9. The van der Waals surface area contributed by atoms with Gasteiger partial charge in [0, 0.05) is 36.8 Å². The molecule has 2 bridgehead atoms. The van der Waals surface area contributed by atoms with Gasteiger partial charge in [-0.3, -0.25) is 14.3 Å². The van der Waals surface area contributed by atoms with Crippen molar-refractivity contribution in [2.24, 2.45) is 5.92 Å². The van der Waals surface area contributed by atoms with Crippen LogP contribution in [0.3, 0.4) is 0 Å². The van der Waals surface area contributed by atoms with Crippen molar-refractivity contribution < 1.29 is 17.9 Å². The van der Waals surface area contributed by atoms with Crippen LogP contribution in [0.5, 0.6) is 5.75 Å².